The Balaban J connectivity index is 2.45. The third kappa shape index (κ3) is 3.99. The van der Waals surface area contributed by atoms with Crippen LogP contribution in [0.1, 0.15) is 32.8 Å². The van der Waals surface area contributed by atoms with E-state index in [1.807, 2.05) is 5.32 Å². The van der Waals surface area contributed by atoms with Gasteiger partial charge in [-0.1, -0.05) is 30.3 Å². The zero-order chi connectivity index (χ0) is 22.0. The molecule has 2 amide bonds. The minimum absolute atomic E-state index is 0.180. The largest absolute Gasteiger partial charge is 0.466 e. The quantitative estimate of drug-likeness (QED) is 0.729. The number of carbonyl (C=O) groups excluding carboxylic acids is 3. The lowest BCUT2D eigenvalue weighted by Gasteiger charge is -2.33. The number of benzene rings is 1. The molecule has 0 aromatic heterocycles. The van der Waals surface area contributed by atoms with E-state index in [2.05, 4.69) is 4.74 Å². The maximum Gasteiger partial charge on any atom is 0.425 e. The predicted octanol–water partition coefficient (Wildman–Crippen LogP) is 2.73. The number of halogens is 3. The van der Waals surface area contributed by atoms with Gasteiger partial charge in [-0.05, 0) is 32.8 Å². The van der Waals surface area contributed by atoms with E-state index < -0.39 is 41.1 Å². The molecule has 9 heteroatoms. The highest BCUT2D eigenvalue weighted by atomic mass is 19.4. The third-order valence-electron chi connectivity index (χ3n) is 4.78. The lowest BCUT2D eigenvalue weighted by Crippen LogP contribution is -2.66. The van der Waals surface area contributed by atoms with Crippen LogP contribution in [-0.4, -0.2) is 47.6 Å². The first-order valence-corrected chi connectivity index (χ1v) is 9.02. The number of nitrogens with one attached hydrogen (secondary N) is 1. The molecule has 1 atom stereocenters. The van der Waals surface area contributed by atoms with Crippen molar-refractivity contribution < 1.29 is 32.3 Å². The molecule has 1 aromatic rings. The van der Waals surface area contributed by atoms with E-state index in [-0.39, 0.29) is 18.5 Å². The van der Waals surface area contributed by atoms with E-state index in [9.17, 15) is 27.6 Å². The van der Waals surface area contributed by atoms with Crippen LogP contribution in [0.5, 0.6) is 0 Å². The monoisotopic (exact) mass is 412 g/mol. The molecule has 1 aromatic carbocycles. The molecule has 6 nitrogen and oxygen atoms in total. The Hall–Kier alpha value is -2.84. The molecular formula is C20H23F3N2O4. The van der Waals surface area contributed by atoms with E-state index in [1.165, 1.54) is 20.8 Å². The zero-order valence-electron chi connectivity index (χ0n) is 16.6. The molecule has 29 heavy (non-hydrogen) atoms. The first-order chi connectivity index (χ1) is 13.5. The highest BCUT2D eigenvalue weighted by Gasteiger charge is 2.71. The number of methoxy groups -OCH3 is 1. The molecule has 158 valence electrons. The van der Waals surface area contributed by atoms with Gasteiger partial charge in [-0.15, -0.1) is 0 Å². The first-order valence-electron chi connectivity index (χ1n) is 9.02. The summed E-state index contributed by atoms with van der Waals surface area (Å²) in [6.07, 6.45) is -5.36. The zero-order valence-corrected chi connectivity index (χ0v) is 16.6. The number of hydrogen-bond donors (Lipinski definition) is 1. The maximum absolute atomic E-state index is 14.2. The van der Waals surface area contributed by atoms with E-state index in [1.54, 1.807) is 30.3 Å². The summed E-state index contributed by atoms with van der Waals surface area (Å²) in [5, 5.41) is 1.82. The minimum atomic E-state index is -5.25. The van der Waals surface area contributed by atoms with Crippen LogP contribution in [0.2, 0.25) is 0 Å². The number of esters is 1. The number of alkyl halides is 3. The van der Waals surface area contributed by atoms with Crippen molar-refractivity contribution in [1.29, 1.82) is 0 Å². The standard InChI is InChI=1S/C20H23F3N2O4/c1-12(2)25-13(3)16(17(27)29-4)19(18(25)28,20(21,22)23)24-15(26)11-10-14-8-6-5-7-9-14/h5-9,12H,10-11H2,1-4H3,(H,24,26)/t19-/m0/s1. The summed E-state index contributed by atoms with van der Waals surface area (Å²) in [5.41, 5.74) is -3.84. The van der Waals surface area contributed by atoms with Crippen LogP contribution in [0.15, 0.2) is 41.6 Å². The molecule has 1 aliphatic heterocycles. The number of aryl methyl sites for hydroxylation is 1. The second-order valence-electron chi connectivity index (χ2n) is 7.00. The molecule has 0 fully saturated rings. The summed E-state index contributed by atoms with van der Waals surface area (Å²) >= 11 is 0. The normalized spacial score (nSPS) is 19.7. The number of amides is 2. The average molecular weight is 412 g/mol. The van der Waals surface area contributed by atoms with Crippen molar-refractivity contribution in [3.05, 3.63) is 47.2 Å². The van der Waals surface area contributed by atoms with Crippen molar-refractivity contribution in [1.82, 2.24) is 10.2 Å². The molecule has 1 N–H and O–H groups in total. The van der Waals surface area contributed by atoms with Crippen molar-refractivity contribution in [2.24, 2.45) is 0 Å². The number of ether oxygens (including phenoxy) is 1. The van der Waals surface area contributed by atoms with Crippen molar-refractivity contribution in [2.45, 2.75) is 51.4 Å². The minimum Gasteiger partial charge on any atom is -0.466 e. The van der Waals surface area contributed by atoms with Gasteiger partial charge in [-0.2, -0.15) is 13.2 Å². The summed E-state index contributed by atoms with van der Waals surface area (Å²) in [6, 6.07) is 8.07. The van der Waals surface area contributed by atoms with Gasteiger partial charge in [0, 0.05) is 18.2 Å². The highest BCUT2D eigenvalue weighted by molar-refractivity contribution is 6.10. The van der Waals surface area contributed by atoms with Crippen LogP contribution in [0.4, 0.5) is 13.2 Å². The fraction of sp³-hybridized carbons (Fsp3) is 0.450. The number of hydrogen-bond acceptors (Lipinski definition) is 4. The molecule has 0 saturated heterocycles. The number of rotatable bonds is 6. The topological polar surface area (TPSA) is 75.7 Å². The Bertz CT molecular complexity index is 834. The van der Waals surface area contributed by atoms with Gasteiger partial charge in [0.15, 0.2) is 0 Å². The second-order valence-corrected chi connectivity index (χ2v) is 7.00. The van der Waals surface area contributed by atoms with Gasteiger partial charge in [0.05, 0.1) is 7.11 Å². The summed E-state index contributed by atoms with van der Waals surface area (Å²) in [7, 11) is 0.920. The van der Waals surface area contributed by atoms with Gasteiger partial charge < -0.3 is 15.0 Å². The molecule has 2 rings (SSSR count). The molecule has 0 radical (unpaired) electrons. The second kappa shape index (κ2) is 8.26. The molecule has 0 bridgehead atoms. The molecule has 0 aliphatic carbocycles. The van der Waals surface area contributed by atoms with Crippen LogP contribution < -0.4 is 5.32 Å². The van der Waals surface area contributed by atoms with Crippen molar-refractivity contribution in [3.63, 3.8) is 0 Å². The van der Waals surface area contributed by atoms with Crippen molar-refractivity contribution >= 4 is 17.8 Å². The summed E-state index contributed by atoms with van der Waals surface area (Å²) in [4.78, 5) is 38.5. The van der Waals surface area contributed by atoms with Crippen molar-refractivity contribution in [2.75, 3.05) is 7.11 Å². The van der Waals surface area contributed by atoms with Crippen LogP contribution >= 0.6 is 0 Å². The van der Waals surface area contributed by atoms with Gasteiger partial charge >= 0.3 is 12.1 Å². The Morgan fingerprint density at radius 1 is 1.21 bits per heavy atom. The van der Waals surface area contributed by atoms with E-state index in [4.69, 9.17) is 0 Å². The fourth-order valence-corrected chi connectivity index (χ4v) is 3.48. The van der Waals surface area contributed by atoms with Gasteiger partial charge in [-0.3, -0.25) is 9.59 Å². The molecule has 0 spiro atoms. The van der Waals surface area contributed by atoms with Crippen LogP contribution in [0.3, 0.4) is 0 Å². The Morgan fingerprint density at radius 3 is 2.28 bits per heavy atom. The first kappa shape index (κ1) is 22.4. The van der Waals surface area contributed by atoms with Crippen LogP contribution in [0, 0.1) is 0 Å². The predicted molar refractivity (Wildman–Crippen MR) is 98.4 cm³/mol. The van der Waals surface area contributed by atoms with Crippen molar-refractivity contribution in [3.8, 4) is 0 Å². The highest BCUT2D eigenvalue weighted by Crippen LogP contribution is 2.45. The SMILES string of the molecule is COC(=O)C1=C(C)N(C(C)C)C(=O)[C@]1(NC(=O)CCc1ccccc1)C(F)(F)F. The maximum atomic E-state index is 14.2. The molecule has 1 heterocycles. The number of allylic oxidation sites excluding steroid dienone is 1. The molecule has 0 saturated carbocycles. The van der Waals surface area contributed by atoms with E-state index >= 15 is 0 Å². The average Bonchev–Trinajstić information content (AvgIpc) is 2.87. The summed E-state index contributed by atoms with van der Waals surface area (Å²) in [6.45, 7) is 4.26. The molecular weight excluding hydrogens is 389 g/mol. The Morgan fingerprint density at radius 2 is 1.79 bits per heavy atom. The van der Waals surface area contributed by atoms with E-state index in [0.29, 0.717) is 0 Å². The number of nitrogens with zero attached hydrogens (tertiary/aromatic N) is 1. The lowest BCUT2D eigenvalue weighted by atomic mass is 9.88. The molecule has 1 aliphatic rings. The van der Waals surface area contributed by atoms with Crippen LogP contribution in [0.25, 0.3) is 0 Å². The third-order valence-corrected chi connectivity index (χ3v) is 4.78. The van der Waals surface area contributed by atoms with Gasteiger partial charge in [-0.25, -0.2) is 4.79 Å². The summed E-state index contributed by atoms with van der Waals surface area (Å²) < 4.78 is 47.2. The Kier molecular flexibility index (Phi) is 6.40. The van der Waals surface area contributed by atoms with Gasteiger partial charge in [0.2, 0.25) is 11.4 Å². The smallest absolute Gasteiger partial charge is 0.425 e. The lowest BCUT2D eigenvalue weighted by molar-refractivity contribution is -0.196. The summed E-state index contributed by atoms with van der Waals surface area (Å²) in [5.74, 6) is -3.75. The number of carbonyl (C=O) groups is 3. The fourth-order valence-electron chi connectivity index (χ4n) is 3.48. The van der Waals surface area contributed by atoms with Gasteiger partial charge in [0.25, 0.3) is 5.91 Å². The molecule has 0 unspecified atom stereocenters. The van der Waals surface area contributed by atoms with E-state index in [0.717, 1.165) is 17.6 Å². The van der Waals surface area contributed by atoms with Gasteiger partial charge in [0.1, 0.15) is 5.57 Å². The van der Waals surface area contributed by atoms with Crippen LogP contribution in [-0.2, 0) is 25.5 Å². The Labute approximate surface area is 166 Å².